The lowest BCUT2D eigenvalue weighted by Gasteiger charge is -2.21. The molecule has 0 radical (unpaired) electrons. The van der Waals surface area contributed by atoms with Gasteiger partial charge in [0.2, 0.25) is 5.82 Å². The first-order valence-corrected chi connectivity index (χ1v) is 6.13. The number of carbonyl (C=O) groups excluding carboxylic acids is 1. The Morgan fingerprint density at radius 2 is 2.25 bits per heavy atom. The van der Waals surface area contributed by atoms with Crippen LogP contribution in [0.2, 0.25) is 0 Å². The number of hydrogen-bond donors (Lipinski definition) is 2. The largest absolute Gasteiger partial charge is 0.496 e. The molecule has 1 heterocycles. The van der Waals surface area contributed by atoms with Gasteiger partial charge in [-0.05, 0) is 6.07 Å². The van der Waals surface area contributed by atoms with Crippen molar-refractivity contribution in [3.05, 3.63) is 42.0 Å². The number of aromatic amines is 1. The molecule has 106 valence electrons. The number of aromatic nitrogens is 3. The van der Waals surface area contributed by atoms with E-state index in [2.05, 4.69) is 15.2 Å². The number of nitrogens with zero attached hydrogens (tertiary/aromatic N) is 3. The molecule has 2 rings (SSSR count). The van der Waals surface area contributed by atoms with Crippen LogP contribution in [0.25, 0.3) is 0 Å². The van der Waals surface area contributed by atoms with Gasteiger partial charge in [0.05, 0.1) is 13.7 Å². The number of aliphatic hydroxyl groups is 1. The summed E-state index contributed by atoms with van der Waals surface area (Å²) in [4.78, 5) is 17.6. The lowest BCUT2D eigenvalue weighted by Crippen LogP contribution is -2.34. The van der Waals surface area contributed by atoms with E-state index in [1.165, 1.54) is 11.2 Å². The van der Waals surface area contributed by atoms with Gasteiger partial charge in [-0.2, -0.15) is 5.10 Å². The molecule has 0 aliphatic carbocycles. The average Bonchev–Trinajstić information content (AvgIpc) is 3.01. The Bertz CT molecular complexity index is 557. The summed E-state index contributed by atoms with van der Waals surface area (Å²) in [6.45, 7) is 0.400. The Balaban J connectivity index is 2.19. The summed E-state index contributed by atoms with van der Waals surface area (Å²) >= 11 is 0. The van der Waals surface area contributed by atoms with E-state index in [1.807, 2.05) is 24.3 Å². The van der Waals surface area contributed by atoms with Gasteiger partial charge in [-0.1, -0.05) is 18.2 Å². The number of para-hydroxylation sites is 1. The highest BCUT2D eigenvalue weighted by molar-refractivity contribution is 5.90. The van der Waals surface area contributed by atoms with Gasteiger partial charge in [0.1, 0.15) is 12.1 Å². The molecule has 2 aromatic rings. The number of methoxy groups -OCH3 is 1. The maximum atomic E-state index is 12.2. The molecule has 1 aromatic carbocycles. The second-order valence-electron chi connectivity index (χ2n) is 4.10. The first-order chi connectivity index (χ1) is 9.76. The number of rotatable bonds is 6. The Morgan fingerprint density at radius 3 is 2.90 bits per heavy atom. The first-order valence-electron chi connectivity index (χ1n) is 6.13. The van der Waals surface area contributed by atoms with Crippen molar-refractivity contribution in [2.45, 2.75) is 6.54 Å². The molecule has 1 aromatic heterocycles. The number of carbonyl (C=O) groups is 1. The van der Waals surface area contributed by atoms with Crippen molar-refractivity contribution in [1.29, 1.82) is 0 Å². The molecule has 7 nitrogen and oxygen atoms in total. The van der Waals surface area contributed by atoms with Crippen molar-refractivity contribution in [2.24, 2.45) is 0 Å². The molecule has 0 saturated heterocycles. The number of aliphatic hydroxyl groups excluding tert-OH is 1. The predicted octanol–water partition coefficient (Wildman–Crippen LogP) is 0.448. The third-order valence-electron chi connectivity index (χ3n) is 2.83. The fraction of sp³-hybridized carbons (Fsp3) is 0.308. The van der Waals surface area contributed by atoms with Crippen LogP contribution in [0, 0.1) is 0 Å². The quantitative estimate of drug-likeness (QED) is 0.799. The SMILES string of the molecule is COc1ccccc1CN(CCO)C(=O)c1ncn[nH]1. The van der Waals surface area contributed by atoms with Crippen molar-refractivity contribution in [3.8, 4) is 5.75 Å². The van der Waals surface area contributed by atoms with Crippen LogP contribution < -0.4 is 4.74 Å². The summed E-state index contributed by atoms with van der Waals surface area (Å²) in [7, 11) is 1.58. The minimum absolute atomic E-state index is 0.130. The van der Waals surface area contributed by atoms with E-state index in [4.69, 9.17) is 9.84 Å². The van der Waals surface area contributed by atoms with Crippen LogP contribution in [0.4, 0.5) is 0 Å². The van der Waals surface area contributed by atoms with Crippen molar-refractivity contribution >= 4 is 5.91 Å². The fourth-order valence-corrected chi connectivity index (χ4v) is 1.87. The lowest BCUT2D eigenvalue weighted by atomic mass is 10.2. The zero-order chi connectivity index (χ0) is 14.4. The van der Waals surface area contributed by atoms with Gasteiger partial charge in [-0.15, -0.1) is 0 Å². The summed E-state index contributed by atoms with van der Waals surface area (Å²) in [6.07, 6.45) is 1.27. The Kier molecular flexibility index (Phi) is 4.67. The third kappa shape index (κ3) is 3.12. The predicted molar refractivity (Wildman–Crippen MR) is 71.2 cm³/mol. The van der Waals surface area contributed by atoms with Crippen molar-refractivity contribution in [2.75, 3.05) is 20.3 Å². The smallest absolute Gasteiger partial charge is 0.291 e. The average molecular weight is 276 g/mol. The Morgan fingerprint density at radius 1 is 1.45 bits per heavy atom. The van der Waals surface area contributed by atoms with E-state index in [1.54, 1.807) is 7.11 Å². The topological polar surface area (TPSA) is 91.3 Å². The number of ether oxygens (including phenoxy) is 1. The van der Waals surface area contributed by atoms with Gasteiger partial charge in [-0.25, -0.2) is 4.98 Å². The summed E-state index contributed by atoms with van der Waals surface area (Å²) in [5.74, 6) is 0.525. The third-order valence-corrected chi connectivity index (χ3v) is 2.83. The van der Waals surface area contributed by atoms with Crippen LogP contribution in [0.15, 0.2) is 30.6 Å². The second kappa shape index (κ2) is 6.67. The van der Waals surface area contributed by atoms with Crippen LogP contribution >= 0.6 is 0 Å². The summed E-state index contributed by atoms with van der Waals surface area (Å²) in [5.41, 5.74) is 0.858. The summed E-state index contributed by atoms with van der Waals surface area (Å²) in [6, 6.07) is 7.42. The number of nitrogens with one attached hydrogen (secondary N) is 1. The van der Waals surface area contributed by atoms with Crippen LogP contribution in [-0.2, 0) is 6.54 Å². The standard InChI is InChI=1S/C13H16N4O3/c1-20-11-5-3-2-4-10(11)8-17(6-7-18)13(19)12-14-9-15-16-12/h2-5,9,18H,6-8H2,1H3,(H,14,15,16). The van der Waals surface area contributed by atoms with E-state index in [9.17, 15) is 4.79 Å². The van der Waals surface area contributed by atoms with E-state index >= 15 is 0 Å². The normalized spacial score (nSPS) is 10.3. The van der Waals surface area contributed by atoms with E-state index < -0.39 is 0 Å². The lowest BCUT2D eigenvalue weighted by molar-refractivity contribution is 0.0694. The van der Waals surface area contributed by atoms with Crippen LogP contribution in [0.5, 0.6) is 5.75 Å². The number of H-pyrrole nitrogens is 1. The first kappa shape index (κ1) is 14.0. The van der Waals surface area contributed by atoms with Crippen LogP contribution in [0.3, 0.4) is 0 Å². The highest BCUT2D eigenvalue weighted by Crippen LogP contribution is 2.19. The molecule has 0 fully saturated rings. The van der Waals surface area contributed by atoms with Gasteiger partial charge in [0.15, 0.2) is 0 Å². The fourth-order valence-electron chi connectivity index (χ4n) is 1.87. The van der Waals surface area contributed by atoms with Crippen molar-refractivity contribution in [3.63, 3.8) is 0 Å². The molecule has 0 atom stereocenters. The second-order valence-corrected chi connectivity index (χ2v) is 4.10. The summed E-state index contributed by atoms with van der Waals surface area (Å²) < 4.78 is 5.26. The molecule has 0 unspecified atom stereocenters. The molecular formula is C13H16N4O3. The van der Waals surface area contributed by atoms with E-state index in [0.717, 1.165) is 5.56 Å². The van der Waals surface area contributed by atoms with Gasteiger partial charge >= 0.3 is 0 Å². The molecule has 2 N–H and O–H groups in total. The molecule has 0 spiro atoms. The van der Waals surface area contributed by atoms with Crippen LogP contribution in [0.1, 0.15) is 16.2 Å². The van der Waals surface area contributed by atoms with Gasteiger partial charge in [0.25, 0.3) is 5.91 Å². The molecular weight excluding hydrogens is 260 g/mol. The highest BCUT2D eigenvalue weighted by atomic mass is 16.5. The molecule has 0 bridgehead atoms. The minimum atomic E-state index is -0.317. The zero-order valence-electron chi connectivity index (χ0n) is 11.1. The minimum Gasteiger partial charge on any atom is -0.496 e. The van der Waals surface area contributed by atoms with E-state index in [-0.39, 0.29) is 24.9 Å². The zero-order valence-corrected chi connectivity index (χ0v) is 11.1. The molecule has 0 aliphatic rings. The molecule has 0 saturated carbocycles. The summed E-state index contributed by atoms with van der Waals surface area (Å²) in [5, 5.41) is 15.3. The molecule has 7 heteroatoms. The highest BCUT2D eigenvalue weighted by Gasteiger charge is 2.19. The van der Waals surface area contributed by atoms with E-state index in [0.29, 0.717) is 12.3 Å². The Hall–Kier alpha value is -2.41. The maximum Gasteiger partial charge on any atom is 0.291 e. The number of hydrogen-bond acceptors (Lipinski definition) is 5. The molecule has 1 amide bonds. The van der Waals surface area contributed by atoms with Gasteiger partial charge in [-0.3, -0.25) is 9.89 Å². The number of amides is 1. The monoisotopic (exact) mass is 276 g/mol. The van der Waals surface area contributed by atoms with Crippen LogP contribution in [-0.4, -0.2) is 51.4 Å². The van der Waals surface area contributed by atoms with Gasteiger partial charge in [0, 0.05) is 18.7 Å². The van der Waals surface area contributed by atoms with Gasteiger partial charge < -0.3 is 14.7 Å². The maximum absolute atomic E-state index is 12.2. The Labute approximate surface area is 116 Å². The number of benzene rings is 1. The molecule has 20 heavy (non-hydrogen) atoms. The van der Waals surface area contributed by atoms with Crippen molar-refractivity contribution in [1.82, 2.24) is 20.1 Å². The van der Waals surface area contributed by atoms with Crippen molar-refractivity contribution < 1.29 is 14.6 Å². The molecule has 0 aliphatic heterocycles.